The summed E-state index contributed by atoms with van der Waals surface area (Å²) >= 11 is 3.64. The summed E-state index contributed by atoms with van der Waals surface area (Å²) in [7, 11) is 0. The average molecular weight is 298 g/mol. The molecule has 3 nitrogen and oxygen atoms in total. The van der Waals surface area contributed by atoms with Crippen LogP contribution in [-0.2, 0) is 5.54 Å². The van der Waals surface area contributed by atoms with E-state index in [0.29, 0.717) is 12.7 Å². The van der Waals surface area contributed by atoms with Gasteiger partial charge in [-0.3, -0.25) is 0 Å². The minimum atomic E-state index is -0.150. The third-order valence-electron chi connectivity index (χ3n) is 3.55. The zero-order valence-corrected chi connectivity index (χ0v) is 11.6. The fourth-order valence-corrected chi connectivity index (χ4v) is 3.38. The van der Waals surface area contributed by atoms with Gasteiger partial charge in [0.05, 0.1) is 4.47 Å². The van der Waals surface area contributed by atoms with Crippen LogP contribution >= 0.6 is 15.9 Å². The number of hydrogen-bond donors (Lipinski definition) is 1. The van der Waals surface area contributed by atoms with Crippen molar-refractivity contribution in [1.29, 1.82) is 0 Å². The summed E-state index contributed by atoms with van der Waals surface area (Å²) in [4.78, 5) is 0. The van der Waals surface area contributed by atoms with Crippen LogP contribution in [0.2, 0.25) is 0 Å². The predicted octanol–water partition coefficient (Wildman–Crippen LogP) is 3.25. The third-order valence-corrected chi connectivity index (χ3v) is 4.33. The smallest absolute Gasteiger partial charge is 0.231 e. The summed E-state index contributed by atoms with van der Waals surface area (Å²) in [5, 5.41) is 0. The van der Waals surface area contributed by atoms with E-state index in [4.69, 9.17) is 15.2 Å². The first-order valence-corrected chi connectivity index (χ1v) is 6.73. The summed E-state index contributed by atoms with van der Waals surface area (Å²) in [5.74, 6) is 2.05. The van der Waals surface area contributed by atoms with Crippen LogP contribution in [0.4, 0.5) is 0 Å². The van der Waals surface area contributed by atoms with Gasteiger partial charge in [-0.2, -0.15) is 0 Å². The fourth-order valence-electron chi connectivity index (χ4n) is 2.40. The predicted molar refractivity (Wildman–Crippen MR) is 69.5 cm³/mol. The normalized spacial score (nSPS) is 19.8. The van der Waals surface area contributed by atoms with Gasteiger partial charge in [-0.25, -0.2) is 0 Å². The molecule has 0 unspecified atom stereocenters. The van der Waals surface area contributed by atoms with Crippen molar-refractivity contribution < 1.29 is 9.47 Å². The summed E-state index contributed by atoms with van der Waals surface area (Å²) in [6, 6.07) is 2.06. The molecular weight excluding hydrogens is 282 g/mol. The van der Waals surface area contributed by atoms with Crippen LogP contribution in [0.1, 0.15) is 43.7 Å². The topological polar surface area (TPSA) is 44.5 Å². The molecule has 0 saturated heterocycles. The second-order valence-corrected chi connectivity index (χ2v) is 5.99. The molecule has 0 bridgehead atoms. The van der Waals surface area contributed by atoms with Gasteiger partial charge in [-0.05, 0) is 51.9 Å². The number of fused-ring (bicyclic) bond motifs is 1. The minimum absolute atomic E-state index is 0.150. The largest absolute Gasteiger partial charge is 0.454 e. The molecule has 2 aliphatic rings. The molecular formula is C13H16BrNO2. The lowest BCUT2D eigenvalue weighted by atomic mass is 9.91. The molecule has 1 fully saturated rings. The van der Waals surface area contributed by atoms with Crippen molar-refractivity contribution in [2.24, 2.45) is 5.73 Å². The molecule has 1 aliphatic carbocycles. The van der Waals surface area contributed by atoms with E-state index in [2.05, 4.69) is 35.8 Å². The molecule has 1 aromatic carbocycles. The maximum Gasteiger partial charge on any atom is 0.231 e. The maximum atomic E-state index is 6.35. The van der Waals surface area contributed by atoms with Crippen molar-refractivity contribution in [2.75, 3.05) is 6.79 Å². The average Bonchev–Trinajstić information content (AvgIpc) is 2.84. The zero-order chi connectivity index (χ0) is 12.2. The monoisotopic (exact) mass is 297 g/mol. The molecule has 0 amide bonds. The SMILES string of the molecule is CC(C)c1c(C2(N)CC2)cc2c(c1Br)OCO2. The molecule has 2 N–H and O–H groups in total. The number of rotatable bonds is 2. The van der Waals surface area contributed by atoms with Crippen LogP contribution in [0.5, 0.6) is 11.5 Å². The number of hydrogen-bond acceptors (Lipinski definition) is 3. The third kappa shape index (κ3) is 1.66. The minimum Gasteiger partial charge on any atom is -0.454 e. The van der Waals surface area contributed by atoms with Gasteiger partial charge >= 0.3 is 0 Å². The van der Waals surface area contributed by atoms with E-state index < -0.39 is 0 Å². The number of halogens is 1. The van der Waals surface area contributed by atoms with E-state index in [1.54, 1.807) is 0 Å². The summed E-state index contributed by atoms with van der Waals surface area (Å²) in [6.45, 7) is 4.65. The Labute approximate surface area is 109 Å². The molecule has 0 spiro atoms. The summed E-state index contributed by atoms with van der Waals surface area (Å²) < 4.78 is 12.0. The van der Waals surface area contributed by atoms with E-state index in [-0.39, 0.29) is 5.54 Å². The van der Waals surface area contributed by atoms with Gasteiger partial charge in [0.2, 0.25) is 6.79 Å². The molecule has 4 heteroatoms. The molecule has 1 aliphatic heterocycles. The van der Waals surface area contributed by atoms with Crippen LogP contribution in [0, 0.1) is 0 Å². The second-order valence-electron chi connectivity index (χ2n) is 5.20. The number of ether oxygens (including phenoxy) is 2. The van der Waals surface area contributed by atoms with Crippen molar-refractivity contribution in [3.05, 3.63) is 21.7 Å². The van der Waals surface area contributed by atoms with Crippen molar-refractivity contribution in [3.8, 4) is 11.5 Å². The molecule has 0 aromatic heterocycles. The Balaban J connectivity index is 2.23. The van der Waals surface area contributed by atoms with Crippen LogP contribution in [0.25, 0.3) is 0 Å². The van der Waals surface area contributed by atoms with E-state index >= 15 is 0 Å². The number of nitrogens with two attached hydrogens (primary N) is 1. The van der Waals surface area contributed by atoms with E-state index in [9.17, 15) is 0 Å². The lowest BCUT2D eigenvalue weighted by Crippen LogP contribution is -2.21. The van der Waals surface area contributed by atoms with Gasteiger partial charge < -0.3 is 15.2 Å². The first-order chi connectivity index (χ1) is 8.03. The lowest BCUT2D eigenvalue weighted by molar-refractivity contribution is 0.173. The molecule has 3 rings (SSSR count). The fraction of sp³-hybridized carbons (Fsp3) is 0.538. The molecule has 92 valence electrons. The first-order valence-electron chi connectivity index (χ1n) is 5.94. The molecule has 0 radical (unpaired) electrons. The Kier molecular flexibility index (Phi) is 2.42. The van der Waals surface area contributed by atoms with Crippen molar-refractivity contribution in [2.45, 2.75) is 38.1 Å². The lowest BCUT2D eigenvalue weighted by Gasteiger charge is -2.20. The highest BCUT2D eigenvalue weighted by Gasteiger charge is 2.43. The summed E-state index contributed by atoms with van der Waals surface area (Å²) in [5.41, 5.74) is 8.67. The zero-order valence-electron chi connectivity index (χ0n) is 10.0. The van der Waals surface area contributed by atoms with Gasteiger partial charge in [0.1, 0.15) is 0 Å². The number of benzene rings is 1. The van der Waals surface area contributed by atoms with Crippen LogP contribution < -0.4 is 15.2 Å². The Bertz CT molecular complexity index is 481. The summed E-state index contributed by atoms with van der Waals surface area (Å²) in [6.07, 6.45) is 2.11. The quantitative estimate of drug-likeness (QED) is 0.911. The second kappa shape index (κ2) is 3.62. The Morgan fingerprint density at radius 1 is 1.35 bits per heavy atom. The van der Waals surface area contributed by atoms with Gasteiger partial charge in [-0.15, -0.1) is 0 Å². The maximum absolute atomic E-state index is 6.35. The van der Waals surface area contributed by atoms with Crippen molar-refractivity contribution in [3.63, 3.8) is 0 Å². The first kappa shape index (κ1) is 11.4. The Morgan fingerprint density at radius 2 is 2.06 bits per heavy atom. The van der Waals surface area contributed by atoms with Crippen molar-refractivity contribution in [1.82, 2.24) is 0 Å². The molecule has 1 saturated carbocycles. The van der Waals surface area contributed by atoms with Crippen LogP contribution in [-0.4, -0.2) is 6.79 Å². The van der Waals surface area contributed by atoms with E-state index in [1.807, 2.05) is 0 Å². The van der Waals surface area contributed by atoms with E-state index in [0.717, 1.165) is 28.8 Å². The molecule has 1 aromatic rings. The standard InChI is InChI=1S/C13H16BrNO2/c1-7(2)10-8(13(15)3-4-13)5-9-12(11(10)14)17-6-16-9/h5,7H,3-4,6,15H2,1-2H3. The van der Waals surface area contributed by atoms with Crippen molar-refractivity contribution >= 4 is 15.9 Å². The highest BCUT2D eigenvalue weighted by molar-refractivity contribution is 9.10. The molecule has 0 atom stereocenters. The van der Waals surface area contributed by atoms with Crippen LogP contribution in [0.15, 0.2) is 10.5 Å². The van der Waals surface area contributed by atoms with Gasteiger partial charge in [0.25, 0.3) is 0 Å². The van der Waals surface area contributed by atoms with Gasteiger partial charge in [-0.1, -0.05) is 13.8 Å². The van der Waals surface area contributed by atoms with Gasteiger partial charge in [0.15, 0.2) is 11.5 Å². The van der Waals surface area contributed by atoms with E-state index in [1.165, 1.54) is 11.1 Å². The highest BCUT2D eigenvalue weighted by Crippen LogP contribution is 2.52. The molecule has 17 heavy (non-hydrogen) atoms. The molecule has 1 heterocycles. The highest BCUT2D eigenvalue weighted by atomic mass is 79.9. The van der Waals surface area contributed by atoms with Gasteiger partial charge in [0, 0.05) is 5.54 Å². The van der Waals surface area contributed by atoms with Crippen LogP contribution in [0.3, 0.4) is 0 Å². The Hall–Kier alpha value is -0.740. The Morgan fingerprint density at radius 3 is 2.65 bits per heavy atom.